The first-order valence-corrected chi connectivity index (χ1v) is 9.76. The number of carbonyl (C=O) groups is 2. The first kappa shape index (κ1) is 17.6. The van der Waals surface area contributed by atoms with Gasteiger partial charge in [0.25, 0.3) is 0 Å². The van der Waals surface area contributed by atoms with E-state index in [2.05, 4.69) is 16.4 Å². The molecule has 1 aromatic heterocycles. The Labute approximate surface area is 168 Å². The van der Waals surface area contributed by atoms with E-state index in [0.29, 0.717) is 12.0 Å². The van der Waals surface area contributed by atoms with Crippen molar-refractivity contribution in [2.45, 2.75) is 25.2 Å². The van der Waals surface area contributed by atoms with Gasteiger partial charge in [0.1, 0.15) is 0 Å². The molecule has 0 saturated heterocycles. The average Bonchev–Trinajstić information content (AvgIpc) is 2.77. The van der Waals surface area contributed by atoms with E-state index in [1.54, 1.807) is 18.3 Å². The van der Waals surface area contributed by atoms with E-state index in [-0.39, 0.29) is 17.7 Å². The SMILES string of the molecule is COC(=O)c1ccc([C@@H]2C3=C(CCCC3=O)Nc3ccc4ncccc4c32)cc1. The number of carbonyl (C=O) groups excluding carboxylic acids is 2. The number of allylic oxidation sites excluding steroid dienone is 2. The molecule has 0 bridgehead atoms. The number of Topliss-reactive ketones (excluding diaryl/α,β-unsaturated/α-hetero) is 1. The molecule has 1 aliphatic carbocycles. The topological polar surface area (TPSA) is 68.3 Å². The molecule has 1 aliphatic heterocycles. The zero-order valence-electron chi connectivity index (χ0n) is 16.1. The number of ketones is 1. The summed E-state index contributed by atoms with van der Waals surface area (Å²) in [6, 6.07) is 15.4. The van der Waals surface area contributed by atoms with Crippen LogP contribution in [0.25, 0.3) is 10.9 Å². The minimum absolute atomic E-state index is 0.186. The maximum absolute atomic E-state index is 13.0. The van der Waals surface area contributed by atoms with Crippen molar-refractivity contribution in [3.8, 4) is 0 Å². The molecule has 2 aromatic carbocycles. The molecule has 2 aliphatic rings. The van der Waals surface area contributed by atoms with Gasteiger partial charge >= 0.3 is 5.97 Å². The summed E-state index contributed by atoms with van der Waals surface area (Å²) in [7, 11) is 1.37. The maximum atomic E-state index is 13.0. The summed E-state index contributed by atoms with van der Waals surface area (Å²) < 4.78 is 4.82. The van der Waals surface area contributed by atoms with Gasteiger partial charge < -0.3 is 10.1 Å². The number of methoxy groups -OCH3 is 1. The van der Waals surface area contributed by atoms with Gasteiger partial charge in [-0.05, 0) is 54.3 Å². The number of aromatic nitrogens is 1. The fraction of sp³-hybridized carbons (Fsp3) is 0.208. The second-order valence-corrected chi connectivity index (χ2v) is 7.44. The maximum Gasteiger partial charge on any atom is 0.337 e. The third kappa shape index (κ3) is 2.81. The molecule has 2 heterocycles. The average molecular weight is 384 g/mol. The Kier molecular flexibility index (Phi) is 4.16. The van der Waals surface area contributed by atoms with Crippen molar-refractivity contribution < 1.29 is 14.3 Å². The van der Waals surface area contributed by atoms with Gasteiger partial charge in [0.2, 0.25) is 0 Å². The van der Waals surface area contributed by atoms with Crippen molar-refractivity contribution in [3.05, 3.63) is 82.7 Å². The van der Waals surface area contributed by atoms with E-state index >= 15 is 0 Å². The number of hydrogen-bond acceptors (Lipinski definition) is 5. The second-order valence-electron chi connectivity index (χ2n) is 7.44. The molecule has 0 radical (unpaired) electrons. The zero-order valence-corrected chi connectivity index (χ0v) is 16.1. The quantitative estimate of drug-likeness (QED) is 0.655. The van der Waals surface area contributed by atoms with Crippen molar-refractivity contribution in [2.75, 3.05) is 12.4 Å². The predicted octanol–water partition coefficient (Wildman–Crippen LogP) is 4.59. The molecule has 5 heteroatoms. The number of rotatable bonds is 2. The number of hydrogen-bond donors (Lipinski definition) is 1. The Morgan fingerprint density at radius 3 is 2.72 bits per heavy atom. The van der Waals surface area contributed by atoms with E-state index in [9.17, 15) is 9.59 Å². The second kappa shape index (κ2) is 6.85. The Morgan fingerprint density at radius 1 is 1.10 bits per heavy atom. The van der Waals surface area contributed by atoms with E-state index in [1.165, 1.54) is 7.11 Å². The van der Waals surface area contributed by atoms with Crippen LogP contribution >= 0.6 is 0 Å². The summed E-state index contributed by atoms with van der Waals surface area (Å²) in [4.78, 5) is 29.3. The van der Waals surface area contributed by atoms with Crippen molar-refractivity contribution >= 4 is 28.3 Å². The smallest absolute Gasteiger partial charge is 0.337 e. The van der Waals surface area contributed by atoms with Crippen LogP contribution in [0.4, 0.5) is 5.69 Å². The van der Waals surface area contributed by atoms with Gasteiger partial charge in [0, 0.05) is 40.9 Å². The van der Waals surface area contributed by atoms with Gasteiger partial charge in [0.05, 0.1) is 18.2 Å². The molecule has 29 heavy (non-hydrogen) atoms. The van der Waals surface area contributed by atoms with E-state index in [1.807, 2.05) is 30.3 Å². The Balaban J connectivity index is 1.75. The highest BCUT2D eigenvalue weighted by molar-refractivity contribution is 6.03. The molecular weight excluding hydrogens is 364 g/mol. The number of fused-ring (bicyclic) bond motifs is 3. The molecule has 5 nitrogen and oxygen atoms in total. The normalized spacial score (nSPS) is 18.1. The summed E-state index contributed by atoms with van der Waals surface area (Å²) in [6.45, 7) is 0. The van der Waals surface area contributed by atoms with Crippen molar-refractivity contribution in [2.24, 2.45) is 0 Å². The van der Waals surface area contributed by atoms with Crippen LogP contribution in [0.2, 0.25) is 0 Å². The molecule has 1 N–H and O–H groups in total. The van der Waals surface area contributed by atoms with Crippen LogP contribution in [0, 0.1) is 0 Å². The number of ether oxygens (including phenoxy) is 1. The predicted molar refractivity (Wildman–Crippen MR) is 111 cm³/mol. The van der Waals surface area contributed by atoms with Gasteiger partial charge in [-0.1, -0.05) is 18.2 Å². The van der Waals surface area contributed by atoms with E-state index in [0.717, 1.165) is 51.8 Å². The van der Waals surface area contributed by atoms with Crippen molar-refractivity contribution in [3.63, 3.8) is 0 Å². The highest BCUT2D eigenvalue weighted by Crippen LogP contribution is 2.47. The lowest BCUT2D eigenvalue weighted by atomic mass is 9.74. The number of anilines is 1. The lowest BCUT2D eigenvalue weighted by molar-refractivity contribution is -0.116. The third-order valence-corrected chi connectivity index (χ3v) is 5.81. The summed E-state index contributed by atoms with van der Waals surface area (Å²) in [5.74, 6) is -0.369. The highest BCUT2D eigenvalue weighted by Gasteiger charge is 2.36. The number of pyridine rings is 1. The van der Waals surface area contributed by atoms with Gasteiger partial charge in [-0.2, -0.15) is 0 Å². The van der Waals surface area contributed by atoms with Crippen LogP contribution in [0.1, 0.15) is 46.7 Å². The molecule has 0 saturated carbocycles. The van der Waals surface area contributed by atoms with Crippen LogP contribution in [-0.2, 0) is 9.53 Å². The Bertz CT molecular complexity index is 1180. The minimum Gasteiger partial charge on any atom is -0.465 e. The third-order valence-electron chi connectivity index (χ3n) is 5.81. The van der Waals surface area contributed by atoms with Crippen LogP contribution in [-0.4, -0.2) is 23.8 Å². The number of esters is 1. The molecule has 0 fully saturated rings. The molecular formula is C24H20N2O3. The van der Waals surface area contributed by atoms with E-state index < -0.39 is 0 Å². The van der Waals surface area contributed by atoms with Crippen LogP contribution in [0.5, 0.6) is 0 Å². The fourth-order valence-electron chi connectivity index (χ4n) is 4.49. The Hall–Kier alpha value is -3.47. The monoisotopic (exact) mass is 384 g/mol. The number of nitrogens with zero attached hydrogens (tertiary/aromatic N) is 1. The summed E-state index contributed by atoms with van der Waals surface area (Å²) in [5, 5.41) is 4.55. The van der Waals surface area contributed by atoms with Gasteiger partial charge in [-0.25, -0.2) is 4.79 Å². The summed E-state index contributed by atoms with van der Waals surface area (Å²) >= 11 is 0. The van der Waals surface area contributed by atoms with Crippen LogP contribution in [0.3, 0.4) is 0 Å². The van der Waals surface area contributed by atoms with Crippen molar-refractivity contribution in [1.29, 1.82) is 0 Å². The number of benzene rings is 2. The first-order valence-electron chi connectivity index (χ1n) is 9.76. The summed E-state index contributed by atoms with van der Waals surface area (Å²) in [5.41, 5.74) is 6.31. The van der Waals surface area contributed by atoms with Gasteiger partial charge in [0.15, 0.2) is 5.78 Å². The van der Waals surface area contributed by atoms with Crippen LogP contribution < -0.4 is 5.32 Å². The molecule has 144 valence electrons. The molecule has 0 unspecified atom stereocenters. The molecule has 0 spiro atoms. The number of nitrogens with one attached hydrogen (secondary N) is 1. The van der Waals surface area contributed by atoms with Gasteiger partial charge in [-0.15, -0.1) is 0 Å². The molecule has 5 rings (SSSR count). The largest absolute Gasteiger partial charge is 0.465 e. The summed E-state index contributed by atoms with van der Waals surface area (Å²) in [6.07, 6.45) is 4.07. The first-order chi connectivity index (χ1) is 14.2. The minimum atomic E-state index is -0.370. The Morgan fingerprint density at radius 2 is 1.93 bits per heavy atom. The standard InChI is InChI=1S/C24H20N2O3/c1-29-24(28)15-9-7-14(8-10-15)21-22-16-4-3-13-25-17(16)11-12-19(22)26-18-5-2-6-20(27)23(18)21/h3-4,7-13,21,26H,2,5-6H2,1H3/t21-/m0/s1. The fourth-order valence-corrected chi connectivity index (χ4v) is 4.49. The van der Waals surface area contributed by atoms with Gasteiger partial charge in [-0.3, -0.25) is 9.78 Å². The highest BCUT2D eigenvalue weighted by atomic mass is 16.5. The molecule has 0 amide bonds. The van der Waals surface area contributed by atoms with Crippen LogP contribution in [0.15, 0.2) is 66.0 Å². The lowest BCUT2D eigenvalue weighted by Crippen LogP contribution is -2.27. The lowest BCUT2D eigenvalue weighted by Gasteiger charge is -2.34. The molecule has 1 atom stereocenters. The zero-order chi connectivity index (χ0) is 20.0. The van der Waals surface area contributed by atoms with Crippen molar-refractivity contribution in [1.82, 2.24) is 4.98 Å². The van der Waals surface area contributed by atoms with E-state index in [4.69, 9.17) is 4.74 Å². The molecule has 3 aromatic rings.